The molecule has 20 heavy (non-hydrogen) atoms. The van der Waals surface area contributed by atoms with Crippen molar-refractivity contribution in [1.29, 1.82) is 0 Å². The SMILES string of the molecule is CN(Cc1cc(=O)n(C)c(=O)n1C)CC1(O)CCCC1. The molecule has 0 radical (unpaired) electrons. The summed E-state index contributed by atoms with van der Waals surface area (Å²) in [6, 6.07) is 1.48. The number of likely N-dealkylation sites (N-methyl/N-ethyl adjacent to an activating group) is 1. The molecule has 6 nitrogen and oxygen atoms in total. The van der Waals surface area contributed by atoms with Gasteiger partial charge in [-0.1, -0.05) is 12.8 Å². The molecular formula is C14H23N3O3. The van der Waals surface area contributed by atoms with E-state index in [9.17, 15) is 14.7 Å². The number of aromatic nitrogens is 2. The molecule has 112 valence electrons. The Labute approximate surface area is 118 Å². The zero-order valence-corrected chi connectivity index (χ0v) is 12.4. The standard InChI is InChI=1S/C14H23N3O3/c1-15(10-14(20)6-4-5-7-14)9-11-8-12(18)17(3)13(19)16(11)2/h8,20H,4-7,9-10H2,1-3H3. The molecule has 0 aromatic carbocycles. The highest BCUT2D eigenvalue weighted by atomic mass is 16.3. The van der Waals surface area contributed by atoms with Crippen molar-refractivity contribution in [3.63, 3.8) is 0 Å². The summed E-state index contributed by atoms with van der Waals surface area (Å²) in [5.74, 6) is 0. The third kappa shape index (κ3) is 3.02. The van der Waals surface area contributed by atoms with Crippen LogP contribution in [0.4, 0.5) is 0 Å². The summed E-state index contributed by atoms with van der Waals surface area (Å²) in [7, 11) is 5.03. The van der Waals surface area contributed by atoms with Gasteiger partial charge in [-0.25, -0.2) is 4.79 Å². The van der Waals surface area contributed by atoms with Crippen LogP contribution in [0.2, 0.25) is 0 Å². The zero-order valence-electron chi connectivity index (χ0n) is 12.4. The molecule has 1 N–H and O–H groups in total. The normalized spacial score (nSPS) is 17.9. The molecule has 1 aromatic heterocycles. The van der Waals surface area contributed by atoms with Crippen molar-refractivity contribution in [3.8, 4) is 0 Å². The molecule has 2 rings (SSSR count). The Morgan fingerprint density at radius 1 is 1.25 bits per heavy atom. The Morgan fingerprint density at radius 3 is 2.45 bits per heavy atom. The van der Waals surface area contributed by atoms with Crippen LogP contribution in [0.1, 0.15) is 31.4 Å². The van der Waals surface area contributed by atoms with Crippen LogP contribution in [-0.2, 0) is 20.6 Å². The summed E-state index contributed by atoms with van der Waals surface area (Å²) >= 11 is 0. The minimum Gasteiger partial charge on any atom is -0.389 e. The molecule has 0 unspecified atom stereocenters. The number of rotatable bonds is 4. The van der Waals surface area contributed by atoms with Crippen molar-refractivity contribution < 1.29 is 5.11 Å². The molecule has 1 aromatic rings. The fraction of sp³-hybridized carbons (Fsp3) is 0.714. The van der Waals surface area contributed by atoms with Gasteiger partial charge in [0.2, 0.25) is 0 Å². The largest absolute Gasteiger partial charge is 0.389 e. The van der Waals surface area contributed by atoms with E-state index >= 15 is 0 Å². The van der Waals surface area contributed by atoms with E-state index in [4.69, 9.17) is 0 Å². The van der Waals surface area contributed by atoms with E-state index in [1.165, 1.54) is 17.7 Å². The van der Waals surface area contributed by atoms with Gasteiger partial charge in [0.05, 0.1) is 5.60 Å². The lowest BCUT2D eigenvalue weighted by atomic mass is 10.0. The Bertz CT molecular complexity index is 597. The predicted molar refractivity (Wildman–Crippen MR) is 76.7 cm³/mol. The predicted octanol–water partition coefficient (Wildman–Crippen LogP) is -0.179. The molecule has 1 aliphatic rings. The van der Waals surface area contributed by atoms with Crippen LogP contribution >= 0.6 is 0 Å². The van der Waals surface area contributed by atoms with Crippen LogP contribution in [0.5, 0.6) is 0 Å². The van der Waals surface area contributed by atoms with E-state index in [0.29, 0.717) is 18.8 Å². The fourth-order valence-electron chi connectivity index (χ4n) is 2.96. The van der Waals surface area contributed by atoms with E-state index in [2.05, 4.69) is 0 Å². The van der Waals surface area contributed by atoms with Crippen molar-refractivity contribution >= 4 is 0 Å². The molecule has 0 spiro atoms. The van der Waals surface area contributed by atoms with Crippen LogP contribution in [-0.4, -0.2) is 38.3 Å². The quantitative estimate of drug-likeness (QED) is 0.831. The molecule has 1 aliphatic carbocycles. The van der Waals surface area contributed by atoms with Gasteiger partial charge in [0.1, 0.15) is 0 Å². The lowest BCUT2D eigenvalue weighted by Gasteiger charge is -2.28. The number of hydrogen-bond acceptors (Lipinski definition) is 4. The minimum atomic E-state index is -0.618. The van der Waals surface area contributed by atoms with Crippen LogP contribution in [0, 0.1) is 0 Å². The topological polar surface area (TPSA) is 67.5 Å². The monoisotopic (exact) mass is 281 g/mol. The molecular weight excluding hydrogens is 258 g/mol. The maximum atomic E-state index is 11.9. The van der Waals surface area contributed by atoms with Crippen LogP contribution in [0.3, 0.4) is 0 Å². The van der Waals surface area contributed by atoms with Gasteiger partial charge < -0.3 is 5.11 Å². The van der Waals surface area contributed by atoms with Gasteiger partial charge in [0.15, 0.2) is 0 Å². The second-order valence-electron chi connectivity index (χ2n) is 5.98. The van der Waals surface area contributed by atoms with Crippen molar-refractivity contribution in [2.45, 2.75) is 37.8 Å². The number of hydrogen-bond donors (Lipinski definition) is 1. The first-order chi connectivity index (χ1) is 9.32. The van der Waals surface area contributed by atoms with E-state index in [0.717, 1.165) is 30.3 Å². The minimum absolute atomic E-state index is 0.295. The molecule has 0 aliphatic heterocycles. The van der Waals surface area contributed by atoms with E-state index < -0.39 is 5.60 Å². The van der Waals surface area contributed by atoms with Gasteiger partial charge in [0, 0.05) is 38.9 Å². The van der Waals surface area contributed by atoms with E-state index in [1.54, 1.807) is 7.05 Å². The van der Waals surface area contributed by atoms with Gasteiger partial charge in [-0.3, -0.25) is 18.8 Å². The van der Waals surface area contributed by atoms with Crippen molar-refractivity contribution in [3.05, 3.63) is 32.6 Å². The van der Waals surface area contributed by atoms with Crippen LogP contribution in [0.15, 0.2) is 15.7 Å². The molecule has 0 bridgehead atoms. The van der Waals surface area contributed by atoms with E-state index in [1.807, 2.05) is 11.9 Å². The summed E-state index contributed by atoms with van der Waals surface area (Å²) in [4.78, 5) is 25.5. The third-order valence-corrected chi connectivity index (χ3v) is 4.16. The summed E-state index contributed by atoms with van der Waals surface area (Å²) in [5.41, 5.74) is -0.563. The van der Waals surface area contributed by atoms with Gasteiger partial charge in [0.25, 0.3) is 5.56 Å². The van der Waals surface area contributed by atoms with Crippen LogP contribution < -0.4 is 11.2 Å². The summed E-state index contributed by atoms with van der Waals surface area (Å²) in [6.45, 7) is 1.04. The average Bonchev–Trinajstić information content (AvgIpc) is 2.79. The Hall–Kier alpha value is -1.40. The fourth-order valence-corrected chi connectivity index (χ4v) is 2.96. The molecule has 0 amide bonds. The summed E-state index contributed by atoms with van der Waals surface area (Å²) in [6.07, 6.45) is 3.78. The molecule has 1 fully saturated rings. The average molecular weight is 281 g/mol. The first-order valence-corrected chi connectivity index (χ1v) is 6.99. The summed E-state index contributed by atoms with van der Waals surface area (Å²) < 4.78 is 2.57. The van der Waals surface area contributed by atoms with Crippen LogP contribution in [0.25, 0.3) is 0 Å². The molecule has 0 saturated heterocycles. The van der Waals surface area contributed by atoms with Gasteiger partial charge in [-0.05, 0) is 19.9 Å². The molecule has 1 heterocycles. The van der Waals surface area contributed by atoms with E-state index in [-0.39, 0.29) is 11.2 Å². The summed E-state index contributed by atoms with van der Waals surface area (Å²) in [5, 5.41) is 10.4. The maximum absolute atomic E-state index is 11.9. The maximum Gasteiger partial charge on any atom is 0.330 e. The number of nitrogens with zero attached hydrogens (tertiary/aromatic N) is 3. The first-order valence-electron chi connectivity index (χ1n) is 6.99. The highest BCUT2D eigenvalue weighted by Gasteiger charge is 2.32. The van der Waals surface area contributed by atoms with Crippen molar-refractivity contribution in [2.75, 3.05) is 13.6 Å². The second kappa shape index (κ2) is 5.54. The first kappa shape index (κ1) is 15.0. The zero-order chi connectivity index (χ0) is 14.9. The molecule has 6 heteroatoms. The molecule has 1 saturated carbocycles. The Kier molecular flexibility index (Phi) is 4.15. The Balaban J connectivity index is 2.14. The Morgan fingerprint density at radius 2 is 1.85 bits per heavy atom. The van der Waals surface area contributed by atoms with Gasteiger partial charge in [-0.2, -0.15) is 0 Å². The van der Waals surface area contributed by atoms with Gasteiger partial charge >= 0.3 is 5.69 Å². The lowest BCUT2D eigenvalue weighted by molar-refractivity contribution is 0.0140. The van der Waals surface area contributed by atoms with Gasteiger partial charge in [-0.15, -0.1) is 0 Å². The highest BCUT2D eigenvalue weighted by Crippen LogP contribution is 2.30. The van der Waals surface area contributed by atoms with Crippen molar-refractivity contribution in [2.24, 2.45) is 14.1 Å². The lowest BCUT2D eigenvalue weighted by Crippen LogP contribution is -2.42. The third-order valence-electron chi connectivity index (χ3n) is 4.16. The van der Waals surface area contributed by atoms with Crippen molar-refractivity contribution in [1.82, 2.24) is 14.0 Å². The second-order valence-corrected chi connectivity index (χ2v) is 5.98. The molecule has 0 atom stereocenters. The number of aliphatic hydroxyl groups is 1. The smallest absolute Gasteiger partial charge is 0.330 e. The highest BCUT2D eigenvalue weighted by molar-refractivity contribution is 5.02.